The largest absolute Gasteiger partial charge is 0.388 e. The van der Waals surface area contributed by atoms with E-state index in [0.717, 1.165) is 38.5 Å². The maximum atomic E-state index is 11.8. The highest BCUT2D eigenvalue weighted by atomic mass is 16.3. The predicted octanol–water partition coefficient (Wildman–Crippen LogP) is 1.49. The summed E-state index contributed by atoms with van der Waals surface area (Å²) in [5, 5.41) is 16.1. The molecular weight excluding hydrogens is 268 g/mol. The van der Waals surface area contributed by atoms with Crippen molar-refractivity contribution in [2.75, 3.05) is 13.1 Å². The summed E-state index contributed by atoms with van der Waals surface area (Å²) in [6.45, 7) is 0.924. The molecule has 0 aromatic carbocycles. The summed E-state index contributed by atoms with van der Waals surface area (Å²) in [6, 6.07) is 0. The average Bonchev–Trinajstić information content (AvgIpc) is 3.29. The van der Waals surface area contributed by atoms with Crippen molar-refractivity contribution in [2.24, 2.45) is 5.92 Å². The lowest BCUT2D eigenvalue weighted by atomic mass is 9.94. The molecule has 0 unspecified atom stereocenters. The molecule has 5 nitrogen and oxygen atoms in total. The van der Waals surface area contributed by atoms with Crippen LogP contribution < -0.4 is 10.6 Å². The van der Waals surface area contributed by atoms with Crippen LogP contribution in [0.4, 0.5) is 0 Å². The van der Waals surface area contributed by atoms with Crippen molar-refractivity contribution in [3.63, 3.8) is 0 Å². The molecule has 0 heterocycles. The molecule has 2 amide bonds. The van der Waals surface area contributed by atoms with Crippen LogP contribution in [-0.2, 0) is 9.59 Å². The molecule has 0 spiro atoms. The molecule has 2 saturated carbocycles. The molecule has 0 aromatic heterocycles. The summed E-state index contributed by atoms with van der Waals surface area (Å²) in [7, 11) is 0. The summed E-state index contributed by atoms with van der Waals surface area (Å²) in [5.41, 5.74) is -0.716. The monoisotopic (exact) mass is 296 g/mol. The highest BCUT2D eigenvalue weighted by Crippen LogP contribution is 2.28. The normalized spacial score (nSPS) is 21.4. The van der Waals surface area contributed by atoms with Gasteiger partial charge in [-0.2, -0.15) is 0 Å². The van der Waals surface area contributed by atoms with E-state index in [1.165, 1.54) is 12.8 Å². The maximum Gasteiger partial charge on any atom is 0.223 e. The maximum absolute atomic E-state index is 11.8. The van der Waals surface area contributed by atoms with Crippen molar-refractivity contribution in [1.82, 2.24) is 10.6 Å². The van der Waals surface area contributed by atoms with Gasteiger partial charge in [0.05, 0.1) is 5.60 Å². The van der Waals surface area contributed by atoms with Gasteiger partial charge in [0, 0.05) is 25.4 Å². The molecule has 0 atom stereocenters. The quantitative estimate of drug-likeness (QED) is 0.492. The zero-order valence-electron chi connectivity index (χ0n) is 12.8. The Hall–Kier alpha value is -1.10. The molecule has 0 aromatic rings. The summed E-state index contributed by atoms with van der Waals surface area (Å²) in [4.78, 5) is 23.2. The van der Waals surface area contributed by atoms with E-state index in [4.69, 9.17) is 0 Å². The van der Waals surface area contributed by atoms with Crippen LogP contribution in [0.1, 0.15) is 64.2 Å². The fourth-order valence-corrected chi connectivity index (χ4v) is 2.87. The summed E-state index contributed by atoms with van der Waals surface area (Å²) < 4.78 is 0. The minimum absolute atomic E-state index is 0.0339. The van der Waals surface area contributed by atoms with Gasteiger partial charge in [0.25, 0.3) is 0 Å². The Labute approximate surface area is 126 Å². The lowest BCUT2D eigenvalue weighted by Crippen LogP contribution is -2.42. The molecule has 5 heteroatoms. The van der Waals surface area contributed by atoms with Crippen molar-refractivity contribution < 1.29 is 14.7 Å². The molecule has 3 N–H and O–H groups in total. The fraction of sp³-hybridized carbons (Fsp3) is 0.875. The van der Waals surface area contributed by atoms with Gasteiger partial charge in [0.15, 0.2) is 0 Å². The number of aliphatic hydroxyl groups is 1. The van der Waals surface area contributed by atoms with E-state index in [0.29, 0.717) is 25.9 Å². The fourth-order valence-electron chi connectivity index (χ4n) is 2.87. The molecule has 21 heavy (non-hydrogen) atoms. The van der Waals surface area contributed by atoms with E-state index >= 15 is 0 Å². The van der Waals surface area contributed by atoms with Gasteiger partial charge in [0.2, 0.25) is 11.8 Å². The average molecular weight is 296 g/mol. The Morgan fingerprint density at radius 1 is 1.05 bits per heavy atom. The Balaban J connectivity index is 1.55. The first kappa shape index (κ1) is 16.3. The van der Waals surface area contributed by atoms with Crippen LogP contribution in [0.15, 0.2) is 0 Å². The molecule has 2 aliphatic rings. The number of carbonyl (C=O) groups excluding carboxylic acids is 2. The third kappa shape index (κ3) is 6.04. The number of hydrogen-bond donors (Lipinski definition) is 3. The molecule has 0 saturated heterocycles. The molecule has 0 aliphatic heterocycles. The summed E-state index contributed by atoms with van der Waals surface area (Å²) in [6.07, 6.45) is 9.07. The van der Waals surface area contributed by atoms with Crippen LogP contribution in [-0.4, -0.2) is 35.6 Å². The van der Waals surface area contributed by atoms with E-state index < -0.39 is 5.60 Å². The number of rotatable bonds is 7. The minimum Gasteiger partial charge on any atom is -0.388 e. The Morgan fingerprint density at radius 3 is 2.33 bits per heavy atom. The molecule has 120 valence electrons. The zero-order valence-corrected chi connectivity index (χ0v) is 12.8. The second-order valence-corrected chi connectivity index (χ2v) is 6.58. The van der Waals surface area contributed by atoms with Crippen LogP contribution >= 0.6 is 0 Å². The second-order valence-electron chi connectivity index (χ2n) is 6.58. The first-order valence-corrected chi connectivity index (χ1v) is 8.36. The van der Waals surface area contributed by atoms with Gasteiger partial charge in [-0.1, -0.05) is 25.7 Å². The van der Waals surface area contributed by atoms with Gasteiger partial charge >= 0.3 is 0 Å². The van der Waals surface area contributed by atoms with Crippen LogP contribution in [0.2, 0.25) is 0 Å². The van der Waals surface area contributed by atoms with Crippen molar-refractivity contribution in [3.05, 3.63) is 0 Å². The third-order valence-corrected chi connectivity index (χ3v) is 4.48. The van der Waals surface area contributed by atoms with E-state index in [1.54, 1.807) is 0 Å². The van der Waals surface area contributed by atoms with Gasteiger partial charge in [0.1, 0.15) is 0 Å². The van der Waals surface area contributed by atoms with Crippen LogP contribution in [0.3, 0.4) is 0 Å². The number of carbonyl (C=O) groups is 2. The zero-order chi connectivity index (χ0) is 15.1. The molecule has 0 radical (unpaired) electrons. The molecule has 2 rings (SSSR count). The first-order valence-electron chi connectivity index (χ1n) is 8.36. The van der Waals surface area contributed by atoms with Crippen molar-refractivity contribution in [3.8, 4) is 0 Å². The summed E-state index contributed by atoms with van der Waals surface area (Å²) >= 11 is 0. The number of amides is 2. The van der Waals surface area contributed by atoms with E-state index in [2.05, 4.69) is 10.6 Å². The number of hydrogen-bond acceptors (Lipinski definition) is 3. The molecule has 2 fully saturated rings. The third-order valence-electron chi connectivity index (χ3n) is 4.48. The standard InChI is InChI=1S/C16H28N2O3/c19-14(6-5-11-17-15(20)13-7-8-13)18-12-16(21)9-3-1-2-4-10-16/h13,21H,1-12H2,(H,17,20)(H,18,19). The second kappa shape index (κ2) is 7.78. The van der Waals surface area contributed by atoms with Gasteiger partial charge < -0.3 is 15.7 Å². The highest BCUT2D eigenvalue weighted by molar-refractivity contribution is 5.81. The minimum atomic E-state index is -0.716. The van der Waals surface area contributed by atoms with Crippen LogP contribution in [0.25, 0.3) is 0 Å². The van der Waals surface area contributed by atoms with Crippen molar-refractivity contribution >= 4 is 11.8 Å². The van der Waals surface area contributed by atoms with E-state index in [9.17, 15) is 14.7 Å². The lowest BCUT2D eigenvalue weighted by Gasteiger charge is -2.26. The Morgan fingerprint density at radius 2 is 1.71 bits per heavy atom. The van der Waals surface area contributed by atoms with Gasteiger partial charge in [-0.25, -0.2) is 0 Å². The molecular formula is C16H28N2O3. The Kier molecular flexibility index (Phi) is 6.03. The topological polar surface area (TPSA) is 78.4 Å². The van der Waals surface area contributed by atoms with Gasteiger partial charge in [-0.3, -0.25) is 9.59 Å². The smallest absolute Gasteiger partial charge is 0.223 e. The molecule has 0 bridgehead atoms. The summed E-state index contributed by atoms with van der Waals surface area (Å²) in [5.74, 6) is 0.319. The van der Waals surface area contributed by atoms with E-state index in [1.807, 2.05) is 0 Å². The molecule has 2 aliphatic carbocycles. The first-order chi connectivity index (χ1) is 10.1. The van der Waals surface area contributed by atoms with Crippen molar-refractivity contribution in [1.29, 1.82) is 0 Å². The predicted molar refractivity (Wildman–Crippen MR) is 80.6 cm³/mol. The van der Waals surface area contributed by atoms with Crippen LogP contribution in [0.5, 0.6) is 0 Å². The highest BCUT2D eigenvalue weighted by Gasteiger charge is 2.29. The van der Waals surface area contributed by atoms with Gasteiger partial charge in [-0.15, -0.1) is 0 Å². The number of nitrogens with one attached hydrogen (secondary N) is 2. The van der Waals surface area contributed by atoms with E-state index in [-0.39, 0.29) is 17.7 Å². The SMILES string of the molecule is O=C(CCCNC(=O)C1CC1)NCC1(O)CCCCCC1. The lowest BCUT2D eigenvalue weighted by molar-refractivity contribution is -0.124. The Bertz CT molecular complexity index is 359. The van der Waals surface area contributed by atoms with Crippen LogP contribution in [0, 0.1) is 5.92 Å². The van der Waals surface area contributed by atoms with Gasteiger partial charge in [-0.05, 0) is 32.1 Å². The van der Waals surface area contributed by atoms with Crippen molar-refractivity contribution in [2.45, 2.75) is 69.8 Å².